The minimum absolute atomic E-state index is 0.114. The summed E-state index contributed by atoms with van der Waals surface area (Å²) < 4.78 is 8.38. The Kier molecular flexibility index (Phi) is 4.55. The Balaban J connectivity index is 1.65. The van der Waals surface area contributed by atoms with Gasteiger partial charge in [-0.25, -0.2) is 5.01 Å². The monoisotopic (exact) mass is 522 g/mol. The van der Waals surface area contributed by atoms with Gasteiger partial charge in [0.2, 0.25) is 6.23 Å². The van der Waals surface area contributed by atoms with Gasteiger partial charge in [-0.15, -0.1) is 11.3 Å². The normalized spacial score (nSPS) is 20.7. The number of hydrogen-bond donors (Lipinski definition) is 0. The second-order valence-electron chi connectivity index (χ2n) is 6.46. The molecule has 0 N–H and O–H groups in total. The second kappa shape index (κ2) is 6.92. The topological polar surface area (TPSA) is 24.8 Å². The highest BCUT2D eigenvalue weighted by molar-refractivity contribution is 9.11. The number of benzene rings is 2. The highest BCUT2D eigenvalue weighted by Crippen LogP contribution is 2.51. The Labute approximate surface area is 182 Å². The van der Waals surface area contributed by atoms with E-state index in [1.165, 1.54) is 4.88 Å². The zero-order valence-corrected chi connectivity index (χ0v) is 18.6. The van der Waals surface area contributed by atoms with Crippen LogP contribution in [0.3, 0.4) is 0 Å². The molecule has 0 bridgehead atoms. The number of nitrogens with zero attached hydrogens (tertiary/aromatic N) is 2. The molecule has 0 spiro atoms. The molecule has 7 heteroatoms. The van der Waals surface area contributed by atoms with Crippen molar-refractivity contribution in [3.8, 4) is 5.75 Å². The molecule has 136 valence electrons. The van der Waals surface area contributed by atoms with E-state index in [9.17, 15) is 0 Å². The Morgan fingerprint density at radius 1 is 1.15 bits per heavy atom. The summed E-state index contributed by atoms with van der Waals surface area (Å²) >= 11 is 15.2. The van der Waals surface area contributed by atoms with Crippen molar-refractivity contribution in [3.05, 3.63) is 83.9 Å². The fourth-order valence-electron chi connectivity index (χ4n) is 3.59. The quantitative estimate of drug-likeness (QED) is 0.355. The molecule has 2 aromatic carbocycles. The smallest absolute Gasteiger partial charge is 0.213 e. The van der Waals surface area contributed by atoms with Crippen molar-refractivity contribution in [1.29, 1.82) is 0 Å². The van der Waals surface area contributed by atoms with Crippen LogP contribution in [0.25, 0.3) is 0 Å². The van der Waals surface area contributed by atoms with Crippen molar-refractivity contribution in [1.82, 2.24) is 5.01 Å². The van der Waals surface area contributed by atoms with Gasteiger partial charge in [0.15, 0.2) is 0 Å². The van der Waals surface area contributed by atoms with Crippen LogP contribution in [0.2, 0.25) is 5.02 Å². The largest absolute Gasteiger partial charge is 0.463 e. The minimum Gasteiger partial charge on any atom is -0.463 e. The Morgan fingerprint density at radius 2 is 2.04 bits per heavy atom. The minimum atomic E-state index is -0.323. The van der Waals surface area contributed by atoms with Gasteiger partial charge in [0.05, 0.1) is 21.1 Å². The number of hydrogen-bond acceptors (Lipinski definition) is 4. The molecule has 0 saturated carbocycles. The van der Waals surface area contributed by atoms with E-state index in [0.29, 0.717) is 5.02 Å². The number of halogens is 3. The van der Waals surface area contributed by atoms with Gasteiger partial charge in [0.1, 0.15) is 5.75 Å². The first-order chi connectivity index (χ1) is 13.1. The second-order valence-corrected chi connectivity index (χ2v) is 9.61. The van der Waals surface area contributed by atoms with Crippen molar-refractivity contribution in [2.45, 2.75) is 18.7 Å². The molecule has 2 aliphatic heterocycles. The lowest BCUT2D eigenvalue weighted by Gasteiger charge is -2.38. The Morgan fingerprint density at radius 3 is 2.81 bits per heavy atom. The summed E-state index contributed by atoms with van der Waals surface area (Å²) in [4.78, 5) is 1.20. The summed E-state index contributed by atoms with van der Waals surface area (Å²) in [5.74, 6) is 0.868. The molecule has 3 nitrogen and oxygen atoms in total. The maximum Gasteiger partial charge on any atom is 0.213 e. The highest BCUT2D eigenvalue weighted by Gasteiger charge is 2.42. The van der Waals surface area contributed by atoms with E-state index in [4.69, 9.17) is 21.4 Å². The third kappa shape index (κ3) is 3.12. The van der Waals surface area contributed by atoms with Gasteiger partial charge in [-0.1, -0.05) is 45.7 Å². The first-order valence-corrected chi connectivity index (χ1v) is 11.3. The zero-order valence-electron chi connectivity index (χ0n) is 13.9. The fraction of sp³-hybridized carbons (Fsp3) is 0.150. The standard InChI is InChI=1S/C20H13Br2ClN2OS/c21-12-8-14-17-10-16(18-5-2-6-27-18)24-25(17)20(26-19(14)15(22)9-12)11-3-1-4-13(23)7-11/h1-9,17,20H,10H2/t17-,20+/m1/s1. The summed E-state index contributed by atoms with van der Waals surface area (Å²) in [5, 5.41) is 9.81. The molecule has 0 fully saturated rings. The van der Waals surface area contributed by atoms with E-state index in [0.717, 1.165) is 38.0 Å². The number of hydrazone groups is 1. The number of fused-ring (bicyclic) bond motifs is 3. The zero-order chi connectivity index (χ0) is 18.5. The molecule has 0 amide bonds. The van der Waals surface area contributed by atoms with Gasteiger partial charge in [-0.05, 0) is 51.6 Å². The fourth-order valence-corrected chi connectivity index (χ4v) is 5.86. The molecule has 0 aliphatic carbocycles. The maximum atomic E-state index is 6.43. The average Bonchev–Trinajstić information content (AvgIpc) is 3.31. The molecule has 0 saturated heterocycles. The van der Waals surface area contributed by atoms with Crippen LogP contribution in [-0.4, -0.2) is 10.7 Å². The Hall–Kier alpha value is -1.34. The van der Waals surface area contributed by atoms with E-state index in [-0.39, 0.29) is 12.3 Å². The molecule has 3 aromatic rings. The van der Waals surface area contributed by atoms with Crippen LogP contribution in [0.4, 0.5) is 0 Å². The predicted molar refractivity (Wildman–Crippen MR) is 117 cm³/mol. The summed E-state index contributed by atoms with van der Waals surface area (Å²) in [6, 6.07) is 16.2. The maximum absolute atomic E-state index is 6.43. The van der Waals surface area contributed by atoms with Gasteiger partial charge >= 0.3 is 0 Å². The summed E-state index contributed by atoms with van der Waals surface area (Å²) in [6.45, 7) is 0. The summed E-state index contributed by atoms with van der Waals surface area (Å²) in [7, 11) is 0. The van der Waals surface area contributed by atoms with Crippen molar-refractivity contribution < 1.29 is 4.74 Å². The van der Waals surface area contributed by atoms with Gasteiger partial charge in [-0.3, -0.25) is 0 Å². The van der Waals surface area contributed by atoms with Crippen LogP contribution >= 0.6 is 54.8 Å². The van der Waals surface area contributed by atoms with Crippen molar-refractivity contribution >= 4 is 60.5 Å². The summed E-state index contributed by atoms with van der Waals surface area (Å²) in [6.07, 6.45) is 0.521. The Bertz CT molecular complexity index is 1050. The van der Waals surface area contributed by atoms with Crippen LogP contribution < -0.4 is 4.74 Å². The molecule has 27 heavy (non-hydrogen) atoms. The molecule has 5 rings (SSSR count). The molecular weight excluding hydrogens is 512 g/mol. The lowest BCUT2D eigenvalue weighted by Crippen LogP contribution is -2.33. The predicted octanol–water partition coefficient (Wildman–Crippen LogP) is 7.17. The molecule has 3 heterocycles. The number of thiophene rings is 1. The van der Waals surface area contributed by atoms with Crippen molar-refractivity contribution in [3.63, 3.8) is 0 Å². The van der Waals surface area contributed by atoms with Gasteiger partial charge in [0, 0.05) is 27.0 Å². The van der Waals surface area contributed by atoms with Crippen LogP contribution in [0, 0.1) is 0 Å². The van der Waals surface area contributed by atoms with E-state index < -0.39 is 0 Å². The van der Waals surface area contributed by atoms with Crippen LogP contribution in [0.5, 0.6) is 5.75 Å². The van der Waals surface area contributed by atoms with E-state index in [1.807, 2.05) is 30.3 Å². The summed E-state index contributed by atoms with van der Waals surface area (Å²) in [5.41, 5.74) is 3.21. The third-order valence-electron chi connectivity index (χ3n) is 4.75. The van der Waals surface area contributed by atoms with Crippen molar-refractivity contribution in [2.75, 3.05) is 0 Å². The van der Waals surface area contributed by atoms with Crippen molar-refractivity contribution in [2.24, 2.45) is 5.10 Å². The molecule has 2 atom stereocenters. The first kappa shape index (κ1) is 17.7. The lowest BCUT2D eigenvalue weighted by molar-refractivity contribution is -0.0197. The van der Waals surface area contributed by atoms with Gasteiger partial charge < -0.3 is 4.74 Å². The number of ether oxygens (including phenoxy) is 1. The molecular formula is C20H13Br2ClN2OS. The molecule has 1 aromatic heterocycles. The SMILES string of the molecule is Clc1cccc([C@@H]2Oc3c(Br)cc(Br)cc3[C@H]3CC(c4cccs4)=NN32)c1. The van der Waals surface area contributed by atoms with Gasteiger partial charge in [-0.2, -0.15) is 5.10 Å². The lowest BCUT2D eigenvalue weighted by atomic mass is 9.97. The van der Waals surface area contributed by atoms with Crippen LogP contribution in [-0.2, 0) is 0 Å². The average molecular weight is 525 g/mol. The van der Waals surface area contributed by atoms with Crippen LogP contribution in [0.1, 0.15) is 34.7 Å². The van der Waals surface area contributed by atoms with Crippen LogP contribution in [0.15, 0.2) is 68.0 Å². The van der Waals surface area contributed by atoms with E-state index in [2.05, 4.69) is 60.4 Å². The molecule has 0 unspecified atom stereocenters. The first-order valence-electron chi connectivity index (χ1n) is 8.41. The van der Waals surface area contributed by atoms with E-state index in [1.54, 1.807) is 11.3 Å². The molecule has 2 aliphatic rings. The highest BCUT2D eigenvalue weighted by atomic mass is 79.9. The third-order valence-corrected chi connectivity index (χ3v) is 6.95. The van der Waals surface area contributed by atoms with Gasteiger partial charge in [0.25, 0.3) is 0 Å². The number of rotatable bonds is 2. The van der Waals surface area contributed by atoms with E-state index >= 15 is 0 Å². The molecule has 0 radical (unpaired) electrons.